The summed E-state index contributed by atoms with van der Waals surface area (Å²) in [5.74, 6) is 0.535. The zero-order chi connectivity index (χ0) is 12.1. The van der Waals surface area contributed by atoms with E-state index in [0.29, 0.717) is 17.9 Å². The van der Waals surface area contributed by atoms with Gasteiger partial charge in [-0.2, -0.15) is 0 Å². The molecular formula is C13H14N2O2. The van der Waals surface area contributed by atoms with Gasteiger partial charge < -0.3 is 9.73 Å². The van der Waals surface area contributed by atoms with Crippen LogP contribution in [0, 0.1) is 0 Å². The van der Waals surface area contributed by atoms with Crippen molar-refractivity contribution in [3.05, 3.63) is 53.7 Å². The molecule has 1 aromatic heterocycles. The van der Waals surface area contributed by atoms with Gasteiger partial charge in [-0.05, 0) is 24.1 Å². The van der Waals surface area contributed by atoms with Crippen molar-refractivity contribution >= 4 is 5.91 Å². The number of hydrogen-bond acceptors (Lipinski definition) is 3. The lowest BCUT2D eigenvalue weighted by Gasteiger charge is -2.03. The van der Waals surface area contributed by atoms with E-state index in [1.165, 1.54) is 12.0 Å². The molecule has 0 aliphatic carbocycles. The summed E-state index contributed by atoms with van der Waals surface area (Å²) in [6.45, 7) is 2.44. The van der Waals surface area contributed by atoms with Crippen LogP contribution in [0.4, 0.5) is 0 Å². The number of aryl methyl sites for hydroxylation is 1. The predicted octanol–water partition coefficient (Wildman–Crippen LogP) is 2.17. The molecule has 2 rings (SSSR count). The lowest BCUT2D eigenvalue weighted by Crippen LogP contribution is -2.22. The first kappa shape index (κ1) is 11.4. The number of nitrogens with one attached hydrogen (secondary N) is 1. The molecule has 1 heterocycles. The van der Waals surface area contributed by atoms with Crippen LogP contribution < -0.4 is 5.32 Å². The Morgan fingerprint density at radius 1 is 1.35 bits per heavy atom. The Bertz CT molecular complexity index is 475. The molecule has 0 radical (unpaired) electrons. The summed E-state index contributed by atoms with van der Waals surface area (Å²) in [5.41, 5.74) is 1.87. The van der Waals surface area contributed by atoms with Crippen LogP contribution >= 0.6 is 0 Å². The van der Waals surface area contributed by atoms with E-state index >= 15 is 0 Å². The third kappa shape index (κ3) is 2.93. The first-order valence-electron chi connectivity index (χ1n) is 5.54. The van der Waals surface area contributed by atoms with Gasteiger partial charge in [0.05, 0.1) is 12.7 Å². The van der Waals surface area contributed by atoms with Crippen molar-refractivity contribution < 1.29 is 9.21 Å². The summed E-state index contributed by atoms with van der Waals surface area (Å²) in [5, 5.41) is 2.77. The minimum absolute atomic E-state index is 0.107. The Balaban J connectivity index is 1.95. The maximum absolute atomic E-state index is 11.8. The van der Waals surface area contributed by atoms with Crippen LogP contribution in [0.5, 0.6) is 0 Å². The predicted molar refractivity (Wildman–Crippen MR) is 63.5 cm³/mol. The number of carbonyl (C=O) groups excluding carboxylic acids is 1. The number of oxazole rings is 1. The van der Waals surface area contributed by atoms with E-state index in [0.717, 1.165) is 6.42 Å². The quantitative estimate of drug-likeness (QED) is 0.875. The largest absolute Gasteiger partial charge is 0.447 e. The smallest absolute Gasteiger partial charge is 0.251 e. The van der Waals surface area contributed by atoms with Crippen molar-refractivity contribution in [1.82, 2.24) is 10.3 Å². The zero-order valence-electron chi connectivity index (χ0n) is 9.64. The molecule has 88 valence electrons. The van der Waals surface area contributed by atoms with Gasteiger partial charge in [-0.1, -0.05) is 19.1 Å². The SMILES string of the molecule is CCc1ccc(C(=O)NCc2cnco2)cc1. The van der Waals surface area contributed by atoms with Gasteiger partial charge >= 0.3 is 0 Å². The second-order valence-corrected chi connectivity index (χ2v) is 3.70. The standard InChI is InChI=1S/C13H14N2O2/c1-2-10-3-5-11(6-4-10)13(16)15-8-12-7-14-9-17-12/h3-7,9H,2,8H2,1H3,(H,15,16). The lowest BCUT2D eigenvalue weighted by atomic mass is 10.1. The molecule has 0 unspecified atom stereocenters. The van der Waals surface area contributed by atoms with Crippen molar-refractivity contribution in [2.75, 3.05) is 0 Å². The Labute approximate surface area is 99.7 Å². The number of amides is 1. The molecular weight excluding hydrogens is 216 g/mol. The molecule has 1 amide bonds. The fourth-order valence-electron chi connectivity index (χ4n) is 1.49. The average Bonchev–Trinajstić information content (AvgIpc) is 2.89. The van der Waals surface area contributed by atoms with Crippen LogP contribution in [-0.4, -0.2) is 10.9 Å². The minimum atomic E-state index is -0.107. The van der Waals surface area contributed by atoms with Crippen LogP contribution in [0.2, 0.25) is 0 Å². The Morgan fingerprint density at radius 3 is 2.71 bits per heavy atom. The number of rotatable bonds is 4. The van der Waals surface area contributed by atoms with Crippen molar-refractivity contribution in [1.29, 1.82) is 0 Å². The van der Waals surface area contributed by atoms with Crippen molar-refractivity contribution in [3.63, 3.8) is 0 Å². The van der Waals surface area contributed by atoms with Crippen molar-refractivity contribution in [2.24, 2.45) is 0 Å². The molecule has 0 saturated heterocycles. The molecule has 0 fully saturated rings. The van der Waals surface area contributed by atoms with Crippen LogP contribution in [0.1, 0.15) is 28.6 Å². The maximum atomic E-state index is 11.8. The molecule has 0 atom stereocenters. The summed E-state index contributed by atoms with van der Waals surface area (Å²) in [7, 11) is 0. The number of nitrogens with zero attached hydrogens (tertiary/aromatic N) is 1. The molecule has 0 saturated carbocycles. The van der Waals surface area contributed by atoms with Gasteiger partial charge in [0.1, 0.15) is 5.76 Å². The van der Waals surface area contributed by atoms with E-state index in [1.807, 2.05) is 24.3 Å². The maximum Gasteiger partial charge on any atom is 0.251 e. The molecule has 4 heteroatoms. The van der Waals surface area contributed by atoms with E-state index in [-0.39, 0.29) is 5.91 Å². The van der Waals surface area contributed by atoms with Crippen LogP contribution in [0.25, 0.3) is 0 Å². The average molecular weight is 230 g/mol. The molecule has 0 aliphatic rings. The highest BCUT2D eigenvalue weighted by molar-refractivity contribution is 5.94. The van der Waals surface area contributed by atoms with Crippen LogP contribution in [0.15, 0.2) is 41.3 Å². The summed E-state index contributed by atoms with van der Waals surface area (Å²) < 4.78 is 5.03. The Kier molecular flexibility index (Phi) is 3.55. The number of hydrogen-bond donors (Lipinski definition) is 1. The van der Waals surface area contributed by atoms with Gasteiger partial charge in [0, 0.05) is 5.56 Å². The third-order valence-electron chi connectivity index (χ3n) is 2.53. The summed E-state index contributed by atoms with van der Waals surface area (Å²) in [4.78, 5) is 15.5. The molecule has 0 spiro atoms. The molecule has 0 aliphatic heterocycles. The molecule has 1 N–H and O–H groups in total. The third-order valence-corrected chi connectivity index (χ3v) is 2.53. The first-order valence-corrected chi connectivity index (χ1v) is 5.54. The minimum Gasteiger partial charge on any atom is -0.447 e. The summed E-state index contributed by atoms with van der Waals surface area (Å²) in [6, 6.07) is 7.58. The second kappa shape index (κ2) is 5.30. The molecule has 0 bridgehead atoms. The summed E-state index contributed by atoms with van der Waals surface area (Å²) >= 11 is 0. The molecule has 4 nitrogen and oxygen atoms in total. The van der Waals surface area contributed by atoms with Gasteiger partial charge in [-0.15, -0.1) is 0 Å². The molecule has 2 aromatic rings. The van der Waals surface area contributed by atoms with Gasteiger partial charge in [-0.3, -0.25) is 4.79 Å². The normalized spacial score (nSPS) is 10.2. The fraction of sp³-hybridized carbons (Fsp3) is 0.231. The van der Waals surface area contributed by atoms with Gasteiger partial charge in [0.2, 0.25) is 0 Å². The summed E-state index contributed by atoms with van der Waals surface area (Å²) in [6.07, 6.45) is 3.90. The highest BCUT2D eigenvalue weighted by Gasteiger charge is 2.05. The Morgan fingerprint density at radius 2 is 2.12 bits per heavy atom. The highest BCUT2D eigenvalue weighted by Crippen LogP contribution is 2.05. The number of carbonyl (C=O) groups is 1. The van der Waals surface area contributed by atoms with Crippen LogP contribution in [-0.2, 0) is 13.0 Å². The highest BCUT2D eigenvalue weighted by atomic mass is 16.3. The van der Waals surface area contributed by atoms with Gasteiger partial charge in [-0.25, -0.2) is 4.98 Å². The van der Waals surface area contributed by atoms with E-state index in [4.69, 9.17) is 4.42 Å². The molecule has 17 heavy (non-hydrogen) atoms. The lowest BCUT2D eigenvalue weighted by molar-refractivity contribution is 0.0948. The Hall–Kier alpha value is -2.10. The zero-order valence-corrected chi connectivity index (χ0v) is 9.64. The monoisotopic (exact) mass is 230 g/mol. The van der Waals surface area contributed by atoms with E-state index in [1.54, 1.807) is 6.20 Å². The van der Waals surface area contributed by atoms with Crippen molar-refractivity contribution in [2.45, 2.75) is 19.9 Å². The van der Waals surface area contributed by atoms with Crippen LogP contribution in [0.3, 0.4) is 0 Å². The fourth-order valence-corrected chi connectivity index (χ4v) is 1.49. The number of benzene rings is 1. The second-order valence-electron chi connectivity index (χ2n) is 3.70. The van der Waals surface area contributed by atoms with Crippen molar-refractivity contribution in [3.8, 4) is 0 Å². The van der Waals surface area contributed by atoms with E-state index in [2.05, 4.69) is 17.2 Å². The topological polar surface area (TPSA) is 55.1 Å². The first-order chi connectivity index (χ1) is 8.29. The molecule has 1 aromatic carbocycles. The number of aromatic nitrogens is 1. The van der Waals surface area contributed by atoms with E-state index in [9.17, 15) is 4.79 Å². The van der Waals surface area contributed by atoms with Gasteiger partial charge in [0.15, 0.2) is 6.39 Å². The van der Waals surface area contributed by atoms with Gasteiger partial charge in [0.25, 0.3) is 5.91 Å². The van der Waals surface area contributed by atoms with E-state index < -0.39 is 0 Å².